The summed E-state index contributed by atoms with van der Waals surface area (Å²) in [7, 11) is 1.75. The molecule has 0 aliphatic carbocycles. The third-order valence-electron chi connectivity index (χ3n) is 3.46. The molecule has 1 aliphatic rings. The third kappa shape index (κ3) is 2.87. The first-order chi connectivity index (χ1) is 9.00. The zero-order valence-electron chi connectivity index (χ0n) is 11.3. The lowest BCUT2D eigenvalue weighted by Crippen LogP contribution is -2.35. The number of likely N-dealkylation sites (N-methyl/N-ethyl adjacent to an activating group) is 1. The highest BCUT2D eigenvalue weighted by Gasteiger charge is 2.24. The number of carbonyl (C=O) groups is 1. The van der Waals surface area contributed by atoms with Gasteiger partial charge in [0.05, 0.1) is 18.3 Å². The van der Waals surface area contributed by atoms with E-state index in [1.165, 1.54) is 6.07 Å². The summed E-state index contributed by atoms with van der Waals surface area (Å²) in [5, 5.41) is 9.76. The van der Waals surface area contributed by atoms with Crippen LogP contribution in [0.5, 0.6) is 0 Å². The van der Waals surface area contributed by atoms with E-state index in [4.69, 9.17) is 0 Å². The highest BCUT2D eigenvalue weighted by atomic mass is 19.1. The van der Waals surface area contributed by atoms with Gasteiger partial charge in [0, 0.05) is 25.7 Å². The summed E-state index contributed by atoms with van der Waals surface area (Å²) in [5.74, 6) is -0.423. The van der Waals surface area contributed by atoms with Gasteiger partial charge in [0.2, 0.25) is 5.91 Å². The van der Waals surface area contributed by atoms with Gasteiger partial charge in [0.25, 0.3) is 0 Å². The highest BCUT2D eigenvalue weighted by Crippen LogP contribution is 2.30. The molecule has 1 fully saturated rings. The van der Waals surface area contributed by atoms with Gasteiger partial charge in [-0.1, -0.05) is 12.1 Å². The van der Waals surface area contributed by atoms with E-state index in [1.807, 2.05) is 0 Å². The SMILES string of the molecule is C[C@@H](O)c1cccc(F)c1N1CCCN(C)C(=O)C1. The fraction of sp³-hybridized carbons (Fsp3) is 0.500. The molecule has 0 spiro atoms. The molecular formula is C14H19FN2O2. The largest absolute Gasteiger partial charge is 0.389 e. The molecule has 1 aromatic rings. The molecule has 0 bridgehead atoms. The molecule has 1 aromatic carbocycles. The van der Waals surface area contributed by atoms with Crippen LogP contribution in [-0.2, 0) is 4.79 Å². The van der Waals surface area contributed by atoms with Gasteiger partial charge < -0.3 is 14.9 Å². The van der Waals surface area contributed by atoms with Crippen molar-refractivity contribution in [3.63, 3.8) is 0 Å². The zero-order chi connectivity index (χ0) is 14.0. The van der Waals surface area contributed by atoms with Gasteiger partial charge >= 0.3 is 0 Å². The normalized spacial score (nSPS) is 18.4. The molecule has 0 saturated carbocycles. The van der Waals surface area contributed by atoms with Crippen LogP contribution in [0.15, 0.2) is 18.2 Å². The summed E-state index contributed by atoms with van der Waals surface area (Å²) in [6.07, 6.45) is 0.0253. The Balaban J connectivity index is 2.37. The number of halogens is 1. The Morgan fingerprint density at radius 1 is 1.37 bits per heavy atom. The maximum atomic E-state index is 14.1. The Morgan fingerprint density at radius 3 is 2.79 bits per heavy atom. The van der Waals surface area contributed by atoms with Crippen molar-refractivity contribution >= 4 is 11.6 Å². The fourth-order valence-corrected chi connectivity index (χ4v) is 2.38. The first kappa shape index (κ1) is 13.8. The number of anilines is 1. The molecule has 1 aliphatic heterocycles. The highest BCUT2D eigenvalue weighted by molar-refractivity contribution is 5.82. The minimum Gasteiger partial charge on any atom is -0.389 e. The number of carbonyl (C=O) groups excluding carboxylic acids is 1. The minimum absolute atomic E-state index is 0.0303. The van der Waals surface area contributed by atoms with Crippen LogP contribution in [0, 0.1) is 5.82 Å². The van der Waals surface area contributed by atoms with E-state index < -0.39 is 11.9 Å². The molecule has 0 aromatic heterocycles. The Labute approximate surface area is 112 Å². The predicted molar refractivity (Wildman–Crippen MR) is 71.5 cm³/mol. The van der Waals surface area contributed by atoms with Crippen LogP contribution in [0.2, 0.25) is 0 Å². The van der Waals surface area contributed by atoms with Crippen molar-refractivity contribution in [1.82, 2.24) is 4.90 Å². The summed E-state index contributed by atoms with van der Waals surface area (Å²) in [6, 6.07) is 4.63. The second-order valence-electron chi connectivity index (χ2n) is 4.94. The van der Waals surface area contributed by atoms with Crippen molar-refractivity contribution in [1.29, 1.82) is 0 Å². The molecule has 1 atom stereocenters. The van der Waals surface area contributed by atoms with Crippen molar-refractivity contribution in [2.75, 3.05) is 31.6 Å². The maximum Gasteiger partial charge on any atom is 0.241 e. The van der Waals surface area contributed by atoms with Crippen LogP contribution in [0.25, 0.3) is 0 Å². The molecule has 1 N–H and O–H groups in total. The lowest BCUT2D eigenvalue weighted by molar-refractivity contribution is -0.127. The number of benzene rings is 1. The predicted octanol–water partition coefficient (Wildman–Crippen LogP) is 1.55. The number of aliphatic hydroxyl groups excluding tert-OH is 1. The summed E-state index contributed by atoms with van der Waals surface area (Å²) in [6.45, 7) is 3.03. The molecule has 19 heavy (non-hydrogen) atoms. The number of para-hydroxylation sites is 1. The summed E-state index contributed by atoms with van der Waals surface area (Å²) < 4.78 is 14.1. The van der Waals surface area contributed by atoms with Crippen LogP contribution >= 0.6 is 0 Å². The van der Waals surface area contributed by atoms with Crippen molar-refractivity contribution in [3.05, 3.63) is 29.6 Å². The smallest absolute Gasteiger partial charge is 0.241 e. The van der Waals surface area contributed by atoms with E-state index in [2.05, 4.69) is 0 Å². The minimum atomic E-state index is -0.762. The number of aliphatic hydroxyl groups is 1. The summed E-state index contributed by atoms with van der Waals surface area (Å²) in [5.41, 5.74) is 0.874. The summed E-state index contributed by atoms with van der Waals surface area (Å²) >= 11 is 0. The maximum absolute atomic E-state index is 14.1. The lowest BCUT2D eigenvalue weighted by Gasteiger charge is -2.26. The molecule has 1 amide bonds. The molecule has 0 unspecified atom stereocenters. The molecular weight excluding hydrogens is 247 g/mol. The fourth-order valence-electron chi connectivity index (χ4n) is 2.38. The average molecular weight is 266 g/mol. The lowest BCUT2D eigenvalue weighted by atomic mass is 10.1. The molecule has 104 valence electrons. The van der Waals surface area contributed by atoms with Gasteiger partial charge in [0.1, 0.15) is 5.82 Å². The monoisotopic (exact) mass is 266 g/mol. The Kier molecular flexibility index (Phi) is 4.04. The van der Waals surface area contributed by atoms with E-state index >= 15 is 0 Å². The average Bonchev–Trinajstić information content (AvgIpc) is 2.51. The van der Waals surface area contributed by atoms with E-state index in [0.29, 0.717) is 24.3 Å². The van der Waals surface area contributed by atoms with Gasteiger partial charge in [-0.25, -0.2) is 4.39 Å². The third-order valence-corrected chi connectivity index (χ3v) is 3.46. The zero-order valence-corrected chi connectivity index (χ0v) is 11.3. The summed E-state index contributed by atoms with van der Waals surface area (Å²) in [4.78, 5) is 15.3. The van der Waals surface area contributed by atoms with Crippen molar-refractivity contribution in [2.24, 2.45) is 0 Å². The Bertz CT molecular complexity index is 477. The number of rotatable bonds is 2. The van der Waals surface area contributed by atoms with Crippen LogP contribution in [0.1, 0.15) is 25.0 Å². The molecule has 2 rings (SSSR count). The number of amides is 1. The number of nitrogens with zero attached hydrogens (tertiary/aromatic N) is 2. The second-order valence-corrected chi connectivity index (χ2v) is 4.94. The Morgan fingerprint density at radius 2 is 2.11 bits per heavy atom. The Hall–Kier alpha value is -1.62. The molecule has 1 heterocycles. The number of hydrogen-bond acceptors (Lipinski definition) is 3. The standard InChI is InChI=1S/C14H19FN2O2/c1-10(18)11-5-3-6-12(15)14(11)17-8-4-7-16(2)13(19)9-17/h3,5-6,10,18H,4,7-9H2,1-2H3/t10-/m1/s1. The van der Waals surface area contributed by atoms with Gasteiger partial charge in [-0.3, -0.25) is 4.79 Å². The van der Waals surface area contributed by atoms with E-state index in [-0.39, 0.29) is 12.5 Å². The molecule has 1 saturated heterocycles. The van der Waals surface area contributed by atoms with E-state index in [1.54, 1.807) is 35.9 Å². The second kappa shape index (κ2) is 5.57. The van der Waals surface area contributed by atoms with Gasteiger partial charge in [-0.05, 0) is 19.4 Å². The van der Waals surface area contributed by atoms with Crippen molar-refractivity contribution in [3.8, 4) is 0 Å². The van der Waals surface area contributed by atoms with Gasteiger partial charge in [-0.2, -0.15) is 0 Å². The topological polar surface area (TPSA) is 43.8 Å². The molecule has 5 heteroatoms. The van der Waals surface area contributed by atoms with E-state index in [0.717, 1.165) is 6.42 Å². The van der Waals surface area contributed by atoms with Crippen LogP contribution in [-0.4, -0.2) is 42.6 Å². The number of hydrogen-bond donors (Lipinski definition) is 1. The quantitative estimate of drug-likeness (QED) is 0.883. The van der Waals surface area contributed by atoms with Crippen molar-refractivity contribution in [2.45, 2.75) is 19.4 Å². The first-order valence-corrected chi connectivity index (χ1v) is 6.46. The van der Waals surface area contributed by atoms with Crippen LogP contribution < -0.4 is 4.90 Å². The van der Waals surface area contributed by atoms with E-state index in [9.17, 15) is 14.3 Å². The van der Waals surface area contributed by atoms with Crippen LogP contribution in [0.3, 0.4) is 0 Å². The van der Waals surface area contributed by atoms with Gasteiger partial charge in [0.15, 0.2) is 0 Å². The van der Waals surface area contributed by atoms with Crippen molar-refractivity contribution < 1.29 is 14.3 Å². The van der Waals surface area contributed by atoms with Gasteiger partial charge in [-0.15, -0.1) is 0 Å². The first-order valence-electron chi connectivity index (χ1n) is 6.46. The molecule has 4 nitrogen and oxygen atoms in total. The molecule has 0 radical (unpaired) electrons. The van der Waals surface area contributed by atoms with Crippen LogP contribution in [0.4, 0.5) is 10.1 Å².